The van der Waals surface area contributed by atoms with Crippen LogP contribution in [0.5, 0.6) is 0 Å². The van der Waals surface area contributed by atoms with Crippen LogP contribution in [-0.2, 0) is 0 Å². The fraction of sp³-hybridized carbons (Fsp3) is 0.143. The lowest BCUT2D eigenvalue weighted by atomic mass is 10.2. The third kappa shape index (κ3) is 2.96. The van der Waals surface area contributed by atoms with Crippen molar-refractivity contribution in [2.45, 2.75) is 0 Å². The Morgan fingerprint density at radius 3 is 2.56 bits per heavy atom. The van der Waals surface area contributed by atoms with Gasteiger partial charge in [-0.05, 0) is 36.4 Å². The summed E-state index contributed by atoms with van der Waals surface area (Å²) >= 11 is 3.40. The summed E-state index contributed by atoms with van der Waals surface area (Å²) in [4.78, 5) is 2.07. The smallest absolute Gasteiger partial charge is 0.0618 e. The minimum atomic E-state index is 0.722. The van der Waals surface area contributed by atoms with Crippen molar-refractivity contribution in [1.82, 2.24) is 0 Å². The highest BCUT2D eigenvalue weighted by atomic mass is 79.9. The fourth-order valence-corrected chi connectivity index (χ4v) is 2.04. The number of hydrogen-bond acceptors (Lipinski definition) is 3. The summed E-state index contributed by atoms with van der Waals surface area (Å²) in [6, 6.07) is 14.0. The molecule has 0 aliphatic rings. The van der Waals surface area contributed by atoms with Gasteiger partial charge in [-0.2, -0.15) is 0 Å². The van der Waals surface area contributed by atoms with E-state index >= 15 is 0 Å². The number of nitrogens with zero attached hydrogens (tertiary/aromatic N) is 1. The molecule has 0 bridgehead atoms. The second-order valence-corrected chi connectivity index (χ2v) is 5.22. The SMILES string of the molecule is CN(C)c1cccc(Nc2ccc(Br)cc2N)c1. The van der Waals surface area contributed by atoms with E-state index in [0.717, 1.165) is 27.2 Å². The first-order valence-corrected chi connectivity index (χ1v) is 6.45. The molecule has 94 valence electrons. The molecule has 0 amide bonds. The van der Waals surface area contributed by atoms with Crippen molar-refractivity contribution < 1.29 is 0 Å². The monoisotopic (exact) mass is 305 g/mol. The normalized spacial score (nSPS) is 10.2. The molecule has 0 aliphatic carbocycles. The summed E-state index contributed by atoms with van der Waals surface area (Å²) in [6.45, 7) is 0. The molecule has 3 N–H and O–H groups in total. The Balaban J connectivity index is 2.25. The van der Waals surface area contributed by atoms with E-state index in [9.17, 15) is 0 Å². The van der Waals surface area contributed by atoms with Gasteiger partial charge in [0.1, 0.15) is 0 Å². The van der Waals surface area contributed by atoms with Gasteiger partial charge in [-0.3, -0.25) is 0 Å². The molecule has 2 rings (SSSR count). The molecule has 2 aromatic carbocycles. The summed E-state index contributed by atoms with van der Waals surface area (Å²) in [5, 5.41) is 3.32. The van der Waals surface area contributed by atoms with E-state index in [1.165, 1.54) is 0 Å². The Hall–Kier alpha value is -1.68. The van der Waals surface area contributed by atoms with Gasteiger partial charge in [-0.15, -0.1) is 0 Å². The standard InChI is InChI=1S/C14H16BrN3/c1-18(2)12-5-3-4-11(9-12)17-14-7-6-10(15)8-13(14)16/h3-9,17H,16H2,1-2H3. The van der Waals surface area contributed by atoms with Gasteiger partial charge in [-0.1, -0.05) is 22.0 Å². The zero-order valence-electron chi connectivity index (χ0n) is 10.4. The first-order chi connectivity index (χ1) is 8.56. The Kier molecular flexibility index (Phi) is 3.77. The van der Waals surface area contributed by atoms with Crippen molar-refractivity contribution in [2.75, 3.05) is 30.0 Å². The molecule has 0 heterocycles. The topological polar surface area (TPSA) is 41.3 Å². The van der Waals surface area contributed by atoms with Gasteiger partial charge in [0.15, 0.2) is 0 Å². The number of nitrogens with one attached hydrogen (secondary N) is 1. The summed E-state index contributed by atoms with van der Waals surface area (Å²) in [6.07, 6.45) is 0. The average molecular weight is 306 g/mol. The van der Waals surface area contributed by atoms with Gasteiger partial charge in [-0.25, -0.2) is 0 Å². The number of rotatable bonds is 3. The molecule has 18 heavy (non-hydrogen) atoms. The summed E-state index contributed by atoms with van der Waals surface area (Å²) in [7, 11) is 4.04. The number of hydrogen-bond donors (Lipinski definition) is 2. The van der Waals surface area contributed by atoms with Crippen LogP contribution >= 0.6 is 15.9 Å². The zero-order valence-corrected chi connectivity index (χ0v) is 12.0. The maximum Gasteiger partial charge on any atom is 0.0618 e. The van der Waals surface area contributed by atoms with Crippen molar-refractivity contribution in [3.8, 4) is 0 Å². The van der Waals surface area contributed by atoms with Crippen LogP contribution in [0, 0.1) is 0 Å². The van der Waals surface area contributed by atoms with E-state index in [4.69, 9.17) is 5.73 Å². The van der Waals surface area contributed by atoms with E-state index in [1.54, 1.807) is 0 Å². The van der Waals surface area contributed by atoms with Crippen LogP contribution in [0.3, 0.4) is 0 Å². The molecular formula is C14H16BrN3. The number of benzene rings is 2. The number of nitrogens with two attached hydrogens (primary N) is 1. The lowest BCUT2D eigenvalue weighted by Gasteiger charge is -2.15. The molecule has 0 unspecified atom stereocenters. The highest BCUT2D eigenvalue weighted by Gasteiger charge is 2.02. The molecule has 0 aliphatic heterocycles. The second-order valence-electron chi connectivity index (χ2n) is 4.30. The molecular weight excluding hydrogens is 290 g/mol. The van der Waals surface area contributed by atoms with Crippen LogP contribution in [-0.4, -0.2) is 14.1 Å². The number of halogens is 1. The minimum Gasteiger partial charge on any atom is -0.397 e. The van der Waals surface area contributed by atoms with Gasteiger partial charge in [0.25, 0.3) is 0 Å². The Labute approximate surface area is 116 Å². The molecule has 3 nitrogen and oxygen atoms in total. The third-order valence-electron chi connectivity index (χ3n) is 2.66. The van der Waals surface area contributed by atoms with E-state index in [2.05, 4.69) is 38.3 Å². The van der Waals surface area contributed by atoms with Gasteiger partial charge in [0.2, 0.25) is 0 Å². The van der Waals surface area contributed by atoms with E-state index in [1.807, 2.05) is 44.4 Å². The lowest BCUT2D eigenvalue weighted by molar-refractivity contribution is 1.13. The summed E-state index contributed by atoms with van der Waals surface area (Å²) < 4.78 is 0.979. The van der Waals surface area contributed by atoms with Crippen molar-refractivity contribution in [3.05, 3.63) is 46.9 Å². The van der Waals surface area contributed by atoms with Crippen LogP contribution in [0.1, 0.15) is 0 Å². The van der Waals surface area contributed by atoms with E-state index < -0.39 is 0 Å². The van der Waals surface area contributed by atoms with Gasteiger partial charge in [0, 0.05) is 29.9 Å². The molecule has 0 fully saturated rings. The van der Waals surface area contributed by atoms with Crippen LogP contribution in [0.15, 0.2) is 46.9 Å². The van der Waals surface area contributed by atoms with Crippen LogP contribution < -0.4 is 16.0 Å². The van der Waals surface area contributed by atoms with Crippen molar-refractivity contribution in [3.63, 3.8) is 0 Å². The maximum atomic E-state index is 5.96. The van der Waals surface area contributed by atoms with Gasteiger partial charge < -0.3 is 16.0 Å². The van der Waals surface area contributed by atoms with Crippen molar-refractivity contribution >= 4 is 38.7 Å². The second kappa shape index (κ2) is 5.31. The Morgan fingerprint density at radius 1 is 1.11 bits per heavy atom. The number of anilines is 4. The summed E-state index contributed by atoms with van der Waals surface area (Å²) in [5.41, 5.74) is 9.77. The highest BCUT2D eigenvalue weighted by Crippen LogP contribution is 2.27. The maximum absolute atomic E-state index is 5.96. The molecule has 0 saturated carbocycles. The molecule has 0 radical (unpaired) electrons. The highest BCUT2D eigenvalue weighted by molar-refractivity contribution is 9.10. The fourth-order valence-electron chi connectivity index (χ4n) is 1.66. The first-order valence-electron chi connectivity index (χ1n) is 5.66. The largest absolute Gasteiger partial charge is 0.397 e. The van der Waals surface area contributed by atoms with Crippen molar-refractivity contribution in [1.29, 1.82) is 0 Å². The zero-order chi connectivity index (χ0) is 13.1. The summed E-state index contributed by atoms with van der Waals surface area (Å²) in [5.74, 6) is 0. The van der Waals surface area contributed by atoms with Gasteiger partial charge >= 0.3 is 0 Å². The molecule has 0 saturated heterocycles. The first kappa shape index (κ1) is 12.8. The lowest BCUT2D eigenvalue weighted by Crippen LogP contribution is -2.08. The van der Waals surface area contributed by atoms with Crippen LogP contribution in [0.25, 0.3) is 0 Å². The minimum absolute atomic E-state index is 0.722. The predicted molar refractivity (Wildman–Crippen MR) is 82.6 cm³/mol. The van der Waals surface area contributed by atoms with Crippen molar-refractivity contribution in [2.24, 2.45) is 0 Å². The average Bonchev–Trinajstić information content (AvgIpc) is 2.33. The molecule has 0 aromatic heterocycles. The number of nitrogen functional groups attached to an aromatic ring is 1. The van der Waals surface area contributed by atoms with Crippen LogP contribution in [0.2, 0.25) is 0 Å². The quantitative estimate of drug-likeness (QED) is 0.847. The Bertz CT molecular complexity index is 552. The van der Waals surface area contributed by atoms with Gasteiger partial charge in [0.05, 0.1) is 11.4 Å². The molecule has 0 spiro atoms. The predicted octanol–water partition coefficient (Wildman–Crippen LogP) is 3.84. The van der Waals surface area contributed by atoms with Crippen LogP contribution in [0.4, 0.5) is 22.7 Å². The van der Waals surface area contributed by atoms with E-state index in [0.29, 0.717) is 0 Å². The molecule has 2 aromatic rings. The molecule has 0 atom stereocenters. The Morgan fingerprint density at radius 2 is 1.89 bits per heavy atom. The third-order valence-corrected chi connectivity index (χ3v) is 3.15. The van der Waals surface area contributed by atoms with E-state index in [-0.39, 0.29) is 0 Å². The molecule has 4 heteroatoms.